The minimum Gasteiger partial charge on any atom is -0.480 e. The number of carboxylic acids is 1. The Morgan fingerprint density at radius 1 is 1.54 bits per heavy atom. The molecule has 6 heteroatoms. The standard InChI is InChI=1S/C7H12N2O4/c10-4-1-2-8-6(4)7(13)9-3-5(11)12/h4,6,8,10H,1-3H2,(H,9,13)(H,11,12)/t4-,6+/m1/s1. The molecule has 0 aliphatic carbocycles. The lowest BCUT2D eigenvalue weighted by Crippen LogP contribution is -2.47. The van der Waals surface area contributed by atoms with Crippen LogP contribution in [0.1, 0.15) is 6.42 Å². The van der Waals surface area contributed by atoms with Crippen molar-refractivity contribution in [2.75, 3.05) is 13.1 Å². The number of aliphatic hydroxyl groups excluding tert-OH is 1. The Morgan fingerprint density at radius 3 is 2.69 bits per heavy atom. The Bertz CT molecular complexity index is 219. The largest absolute Gasteiger partial charge is 0.480 e. The number of nitrogens with one attached hydrogen (secondary N) is 2. The first kappa shape index (κ1) is 9.94. The van der Waals surface area contributed by atoms with Gasteiger partial charge in [-0.25, -0.2) is 0 Å². The number of carboxylic acid groups (broad SMARTS) is 1. The molecule has 0 bridgehead atoms. The van der Waals surface area contributed by atoms with Crippen molar-refractivity contribution < 1.29 is 19.8 Å². The maximum Gasteiger partial charge on any atom is 0.322 e. The van der Waals surface area contributed by atoms with Crippen molar-refractivity contribution in [3.05, 3.63) is 0 Å². The molecule has 0 unspecified atom stereocenters. The highest BCUT2D eigenvalue weighted by Crippen LogP contribution is 2.05. The Kier molecular flexibility index (Phi) is 3.21. The average Bonchev–Trinajstić information content (AvgIpc) is 2.47. The molecule has 0 saturated carbocycles. The summed E-state index contributed by atoms with van der Waals surface area (Å²) < 4.78 is 0. The number of amides is 1. The monoisotopic (exact) mass is 188 g/mol. The van der Waals surface area contributed by atoms with E-state index in [0.717, 1.165) is 0 Å². The number of aliphatic carboxylic acids is 1. The van der Waals surface area contributed by atoms with Crippen molar-refractivity contribution >= 4 is 11.9 Å². The first-order valence-electron chi connectivity index (χ1n) is 4.02. The second kappa shape index (κ2) is 4.20. The summed E-state index contributed by atoms with van der Waals surface area (Å²) >= 11 is 0. The number of carbonyl (C=O) groups is 2. The molecule has 0 spiro atoms. The molecule has 4 N–H and O–H groups in total. The van der Waals surface area contributed by atoms with E-state index in [1.807, 2.05) is 0 Å². The summed E-state index contributed by atoms with van der Waals surface area (Å²) in [6.07, 6.45) is -0.195. The topological polar surface area (TPSA) is 98.7 Å². The average molecular weight is 188 g/mol. The Labute approximate surface area is 74.9 Å². The van der Waals surface area contributed by atoms with E-state index in [-0.39, 0.29) is 0 Å². The molecule has 0 aromatic rings. The van der Waals surface area contributed by atoms with E-state index in [2.05, 4.69) is 10.6 Å². The van der Waals surface area contributed by atoms with Gasteiger partial charge in [0.15, 0.2) is 0 Å². The molecular weight excluding hydrogens is 176 g/mol. The van der Waals surface area contributed by atoms with Crippen LogP contribution in [-0.2, 0) is 9.59 Å². The summed E-state index contributed by atoms with van der Waals surface area (Å²) in [5.41, 5.74) is 0. The molecule has 1 heterocycles. The zero-order valence-electron chi connectivity index (χ0n) is 6.99. The normalized spacial score (nSPS) is 27.2. The van der Waals surface area contributed by atoms with Crippen molar-refractivity contribution in [1.82, 2.24) is 10.6 Å². The van der Waals surface area contributed by atoms with Crippen molar-refractivity contribution in [1.29, 1.82) is 0 Å². The number of carbonyl (C=O) groups excluding carboxylic acids is 1. The summed E-state index contributed by atoms with van der Waals surface area (Å²) in [6.45, 7) is 0.163. The highest BCUT2D eigenvalue weighted by molar-refractivity contribution is 5.85. The molecule has 1 fully saturated rings. The SMILES string of the molecule is O=C(O)CNC(=O)[C@H]1NCC[C@H]1O. The van der Waals surface area contributed by atoms with Gasteiger partial charge in [0.1, 0.15) is 12.6 Å². The van der Waals surface area contributed by atoms with E-state index in [1.54, 1.807) is 0 Å². The minimum atomic E-state index is -1.10. The van der Waals surface area contributed by atoms with Crippen LogP contribution in [0.2, 0.25) is 0 Å². The first-order valence-corrected chi connectivity index (χ1v) is 4.02. The van der Waals surface area contributed by atoms with Crippen LogP contribution in [0, 0.1) is 0 Å². The smallest absolute Gasteiger partial charge is 0.322 e. The molecule has 1 aliphatic heterocycles. The summed E-state index contributed by atoms with van der Waals surface area (Å²) in [4.78, 5) is 21.3. The van der Waals surface area contributed by atoms with E-state index >= 15 is 0 Å². The van der Waals surface area contributed by atoms with Crippen LogP contribution in [-0.4, -0.2) is 47.3 Å². The van der Waals surface area contributed by atoms with Gasteiger partial charge in [-0.3, -0.25) is 9.59 Å². The zero-order chi connectivity index (χ0) is 9.84. The van der Waals surface area contributed by atoms with Crippen molar-refractivity contribution in [3.63, 3.8) is 0 Å². The minimum absolute atomic E-state index is 0.413. The fourth-order valence-corrected chi connectivity index (χ4v) is 1.23. The first-order chi connectivity index (χ1) is 6.11. The maximum atomic E-state index is 11.2. The lowest BCUT2D eigenvalue weighted by Gasteiger charge is -2.13. The molecule has 0 aromatic heterocycles. The van der Waals surface area contributed by atoms with Crippen LogP contribution in [0.5, 0.6) is 0 Å². The zero-order valence-corrected chi connectivity index (χ0v) is 6.99. The van der Waals surface area contributed by atoms with Gasteiger partial charge in [0.2, 0.25) is 5.91 Å². The fourth-order valence-electron chi connectivity index (χ4n) is 1.23. The van der Waals surface area contributed by atoms with Gasteiger partial charge in [-0.05, 0) is 13.0 Å². The van der Waals surface area contributed by atoms with Gasteiger partial charge in [0.25, 0.3) is 0 Å². The molecule has 74 valence electrons. The Morgan fingerprint density at radius 2 is 2.23 bits per heavy atom. The van der Waals surface area contributed by atoms with Gasteiger partial charge < -0.3 is 20.8 Å². The van der Waals surface area contributed by atoms with Crippen LogP contribution in [0.3, 0.4) is 0 Å². The van der Waals surface area contributed by atoms with Crippen LogP contribution in [0.4, 0.5) is 0 Å². The predicted octanol–water partition coefficient (Wildman–Crippen LogP) is -2.09. The third-order valence-corrected chi connectivity index (χ3v) is 1.89. The van der Waals surface area contributed by atoms with Gasteiger partial charge in [0, 0.05) is 0 Å². The van der Waals surface area contributed by atoms with Gasteiger partial charge in [-0.2, -0.15) is 0 Å². The Balaban J connectivity index is 2.34. The van der Waals surface area contributed by atoms with Crippen LogP contribution < -0.4 is 10.6 Å². The van der Waals surface area contributed by atoms with E-state index in [4.69, 9.17) is 5.11 Å². The molecule has 1 amide bonds. The van der Waals surface area contributed by atoms with Gasteiger partial charge in [-0.15, -0.1) is 0 Å². The quantitative estimate of drug-likeness (QED) is 0.407. The highest BCUT2D eigenvalue weighted by atomic mass is 16.4. The van der Waals surface area contributed by atoms with E-state index in [0.29, 0.717) is 13.0 Å². The maximum absolute atomic E-state index is 11.2. The Hall–Kier alpha value is -1.14. The molecule has 0 radical (unpaired) electrons. The van der Waals surface area contributed by atoms with Crippen molar-refractivity contribution in [2.45, 2.75) is 18.6 Å². The highest BCUT2D eigenvalue weighted by Gasteiger charge is 2.30. The number of rotatable bonds is 3. The van der Waals surface area contributed by atoms with E-state index in [1.165, 1.54) is 0 Å². The molecule has 2 atom stereocenters. The molecule has 6 nitrogen and oxygen atoms in total. The fraction of sp³-hybridized carbons (Fsp3) is 0.714. The van der Waals surface area contributed by atoms with Crippen LogP contribution in [0.25, 0.3) is 0 Å². The van der Waals surface area contributed by atoms with Gasteiger partial charge >= 0.3 is 5.97 Å². The molecule has 1 aliphatic rings. The second-order valence-corrected chi connectivity index (χ2v) is 2.90. The lowest BCUT2D eigenvalue weighted by molar-refractivity contribution is -0.138. The second-order valence-electron chi connectivity index (χ2n) is 2.90. The molecular formula is C7H12N2O4. The van der Waals surface area contributed by atoms with Crippen LogP contribution >= 0.6 is 0 Å². The molecule has 13 heavy (non-hydrogen) atoms. The van der Waals surface area contributed by atoms with Gasteiger partial charge in [-0.1, -0.05) is 0 Å². The third-order valence-electron chi connectivity index (χ3n) is 1.89. The summed E-state index contributed by atoms with van der Waals surface area (Å²) in [7, 11) is 0. The lowest BCUT2D eigenvalue weighted by atomic mass is 10.1. The summed E-state index contributed by atoms with van der Waals surface area (Å²) in [5, 5.41) is 22.5. The predicted molar refractivity (Wildman–Crippen MR) is 43.1 cm³/mol. The van der Waals surface area contributed by atoms with Crippen molar-refractivity contribution in [2.24, 2.45) is 0 Å². The molecule has 1 saturated heterocycles. The van der Waals surface area contributed by atoms with Gasteiger partial charge in [0.05, 0.1) is 6.10 Å². The summed E-state index contributed by atoms with van der Waals surface area (Å²) in [5.74, 6) is -1.56. The van der Waals surface area contributed by atoms with Crippen molar-refractivity contribution in [3.8, 4) is 0 Å². The molecule has 1 rings (SSSR count). The van der Waals surface area contributed by atoms with E-state index in [9.17, 15) is 14.7 Å². The number of aliphatic hydroxyl groups is 1. The molecule has 0 aromatic carbocycles. The summed E-state index contributed by atoms with van der Waals surface area (Å²) in [6, 6.07) is -0.667. The third kappa shape index (κ3) is 2.67. The van der Waals surface area contributed by atoms with E-state index < -0.39 is 30.6 Å². The number of hydrogen-bond donors (Lipinski definition) is 4. The number of hydrogen-bond acceptors (Lipinski definition) is 4. The van der Waals surface area contributed by atoms with Crippen LogP contribution in [0.15, 0.2) is 0 Å².